The lowest BCUT2D eigenvalue weighted by Crippen LogP contribution is -2.47. The second-order valence-electron chi connectivity index (χ2n) is 5.20. The summed E-state index contributed by atoms with van der Waals surface area (Å²) >= 11 is 0. The fourth-order valence-electron chi connectivity index (χ4n) is 2.30. The molecule has 1 saturated heterocycles. The van der Waals surface area contributed by atoms with E-state index in [1.807, 2.05) is 0 Å². The summed E-state index contributed by atoms with van der Waals surface area (Å²) in [5, 5.41) is 29.0. The van der Waals surface area contributed by atoms with Gasteiger partial charge in [0.1, 0.15) is 0 Å². The van der Waals surface area contributed by atoms with Gasteiger partial charge in [0, 0.05) is 45.2 Å². The van der Waals surface area contributed by atoms with Crippen molar-refractivity contribution >= 4 is 5.91 Å². The third-order valence-corrected chi connectivity index (χ3v) is 3.52. The van der Waals surface area contributed by atoms with Gasteiger partial charge in [-0.3, -0.25) is 4.79 Å². The van der Waals surface area contributed by atoms with Crippen LogP contribution in [-0.2, 0) is 4.74 Å². The first-order valence-corrected chi connectivity index (χ1v) is 6.49. The molecule has 110 valence electrons. The molecule has 6 nitrogen and oxygen atoms in total. The van der Waals surface area contributed by atoms with E-state index >= 15 is 0 Å². The highest BCUT2D eigenvalue weighted by molar-refractivity contribution is 5.94. The number of phenols is 2. The summed E-state index contributed by atoms with van der Waals surface area (Å²) in [5.74, 6) is -0.929. The van der Waals surface area contributed by atoms with Crippen molar-refractivity contribution in [1.29, 1.82) is 0 Å². The van der Waals surface area contributed by atoms with Gasteiger partial charge in [-0.15, -0.1) is 0 Å². The summed E-state index contributed by atoms with van der Waals surface area (Å²) < 4.78 is 5.20. The van der Waals surface area contributed by atoms with Crippen molar-refractivity contribution in [2.45, 2.75) is 18.4 Å². The summed E-state index contributed by atoms with van der Waals surface area (Å²) in [4.78, 5) is 13.6. The van der Waals surface area contributed by atoms with E-state index in [1.54, 1.807) is 7.05 Å². The molecule has 3 N–H and O–H groups in total. The highest BCUT2D eigenvalue weighted by Gasteiger charge is 2.32. The van der Waals surface area contributed by atoms with E-state index in [1.165, 1.54) is 23.1 Å². The molecule has 6 heteroatoms. The average molecular weight is 281 g/mol. The fraction of sp³-hybridized carbons (Fsp3) is 0.500. The van der Waals surface area contributed by atoms with Crippen LogP contribution in [-0.4, -0.2) is 58.5 Å². The van der Waals surface area contributed by atoms with Gasteiger partial charge in [0.2, 0.25) is 0 Å². The molecular weight excluding hydrogens is 262 g/mol. The van der Waals surface area contributed by atoms with Crippen molar-refractivity contribution in [3.05, 3.63) is 23.8 Å². The van der Waals surface area contributed by atoms with E-state index < -0.39 is 5.60 Å². The maximum absolute atomic E-state index is 12.2. The number of hydrogen-bond donors (Lipinski definition) is 3. The average Bonchev–Trinajstić information content (AvgIpc) is 2.41. The molecule has 0 unspecified atom stereocenters. The van der Waals surface area contributed by atoms with Crippen molar-refractivity contribution < 1.29 is 24.9 Å². The molecule has 0 atom stereocenters. The Morgan fingerprint density at radius 2 is 1.95 bits per heavy atom. The number of hydrogen-bond acceptors (Lipinski definition) is 5. The van der Waals surface area contributed by atoms with Crippen molar-refractivity contribution in [3.8, 4) is 11.5 Å². The zero-order chi connectivity index (χ0) is 14.8. The Labute approximate surface area is 117 Å². The number of carbonyl (C=O) groups excluding carboxylic acids is 1. The second-order valence-corrected chi connectivity index (χ2v) is 5.20. The number of amides is 1. The fourth-order valence-corrected chi connectivity index (χ4v) is 2.30. The van der Waals surface area contributed by atoms with Gasteiger partial charge in [-0.1, -0.05) is 0 Å². The topological polar surface area (TPSA) is 90.2 Å². The molecule has 1 aliphatic heterocycles. The first-order valence-electron chi connectivity index (χ1n) is 6.49. The van der Waals surface area contributed by atoms with Gasteiger partial charge in [-0.25, -0.2) is 0 Å². The van der Waals surface area contributed by atoms with Crippen LogP contribution in [0.5, 0.6) is 11.5 Å². The summed E-state index contributed by atoms with van der Waals surface area (Å²) in [6.07, 6.45) is 0.983. The van der Waals surface area contributed by atoms with Gasteiger partial charge in [0.25, 0.3) is 5.91 Å². The highest BCUT2D eigenvalue weighted by Crippen LogP contribution is 2.26. The van der Waals surface area contributed by atoms with E-state index in [0.29, 0.717) is 26.1 Å². The van der Waals surface area contributed by atoms with Crippen LogP contribution in [0.15, 0.2) is 18.2 Å². The SMILES string of the molecule is CN(CC1(O)CCOCC1)C(=O)c1ccc(O)c(O)c1. The zero-order valence-electron chi connectivity index (χ0n) is 11.4. The Hall–Kier alpha value is -1.79. The van der Waals surface area contributed by atoms with Crippen molar-refractivity contribution in [1.82, 2.24) is 4.90 Å². The quantitative estimate of drug-likeness (QED) is 0.710. The minimum atomic E-state index is -0.929. The van der Waals surface area contributed by atoms with E-state index in [2.05, 4.69) is 0 Å². The number of nitrogens with zero attached hydrogens (tertiary/aromatic N) is 1. The summed E-state index contributed by atoms with van der Waals surface area (Å²) in [6.45, 7) is 1.17. The summed E-state index contributed by atoms with van der Waals surface area (Å²) in [6, 6.07) is 3.91. The molecule has 0 radical (unpaired) electrons. The number of benzene rings is 1. The number of carbonyl (C=O) groups is 1. The third-order valence-electron chi connectivity index (χ3n) is 3.52. The van der Waals surface area contributed by atoms with E-state index in [0.717, 1.165) is 0 Å². The third kappa shape index (κ3) is 3.20. The lowest BCUT2D eigenvalue weighted by molar-refractivity contribution is -0.0734. The number of likely N-dealkylation sites (N-methyl/N-ethyl adjacent to an activating group) is 1. The molecule has 0 aliphatic carbocycles. The number of aromatic hydroxyl groups is 2. The molecule has 0 saturated carbocycles. The molecule has 1 aromatic rings. The maximum atomic E-state index is 12.2. The van der Waals surface area contributed by atoms with Gasteiger partial charge in [0.15, 0.2) is 11.5 Å². The van der Waals surface area contributed by atoms with Crippen LogP contribution in [0.2, 0.25) is 0 Å². The van der Waals surface area contributed by atoms with Crippen LogP contribution in [0, 0.1) is 0 Å². The molecule has 1 fully saturated rings. The summed E-state index contributed by atoms with van der Waals surface area (Å²) in [5.41, 5.74) is -0.666. The first kappa shape index (κ1) is 14.6. The molecule has 1 aliphatic rings. The standard InChI is InChI=1S/C14H19NO5/c1-15(9-14(19)4-6-20-7-5-14)13(18)10-2-3-11(16)12(17)8-10/h2-3,8,16-17,19H,4-7,9H2,1H3. The molecular formula is C14H19NO5. The highest BCUT2D eigenvalue weighted by atomic mass is 16.5. The van der Waals surface area contributed by atoms with Gasteiger partial charge in [-0.2, -0.15) is 0 Å². The largest absolute Gasteiger partial charge is 0.504 e. The maximum Gasteiger partial charge on any atom is 0.253 e. The van der Waals surface area contributed by atoms with E-state index in [9.17, 15) is 20.1 Å². The monoisotopic (exact) mass is 281 g/mol. The predicted molar refractivity (Wildman–Crippen MR) is 71.7 cm³/mol. The molecule has 0 aromatic heterocycles. The van der Waals surface area contributed by atoms with Crippen LogP contribution in [0.3, 0.4) is 0 Å². The number of phenolic OH excluding ortho intramolecular Hbond substituents is 2. The molecule has 0 spiro atoms. The molecule has 1 amide bonds. The molecule has 1 heterocycles. The first-order chi connectivity index (χ1) is 9.41. The Morgan fingerprint density at radius 1 is 1.30 bits per heavy atom. The van der Waals surface area contributed by atoms with Crippen LogP contribution < -0.4 is 0 Å². The van der Waals surface area contributed by atoms with Gasteiger partial charge in [-0.05, 0) is 18.2 Å². The normalized spacial score (nSPS) is 17.7. The minimum Gasteiger partial charge on any atom is -0.504 e. The smallest absolute Gasteiger partial charge is 0.253 e. The Bertz CT molecular complexity index is 496. The lowest BCUT2D eigenvalue weighted by Gasteiger charge is -2.35. The number of ether oxygens (including phenoxy) is 1. The Kier molecular flexibility index (Phi) is 4.15. The predicted octanol–water partition coefficient (Wildman–Crippen LogP) is 0.711. The van der Waals surface area contributed by atoms with Crippen LogP contribution in [0.4, 0.5) is 0 Å². The van der Waals surface area contributed by atoms with Gasteiger partial charge < -0.3 is 25.0 Å². The minimum absolute atomic E-state index is 0.205. The Balaban J connectivity index is 2.06. The second kappa shape index (κ2) is 5.68. The van der Waals surface area contributed by atoms with Gasteiger partial charge in [0.05, 0.1) is 5.60 Å². The van der Waals surface area contributed by atoms with Crippen LogP contribution >= 0.6 is 0 Å². The van der Waals surface area contributed by atoms with Crippen LogP contribution in [0.25, 0.3) is 0 Å². The van der Waals surface area contributed by atoms with Crippen molar-refractivity contribution in [3.63, 3.8) is 0 Å². The molecule has 0 bridgehead atoms. The molecule has 20 heavy (non-hydrogen) atoms. The number of aliphatic hydroxyl groups is 1. The van der Waals surface area contributed by atoms with E-state index in [-0.39, 0.29) is 29.5 Å². The molecule has 1 aromatic carbocycles. The summed E-state index contributed by atoms with van der Waals surface area (Å²) in [7, 11) is 1.60. The van der Waals surface area contributed by atoms with Crippen LogP contribution in [0.1, 0.15) is 23.2 Å². The van der Waals surface area contributed by atoms with E-state index in [4.69, 9.17) is 4.74 Å². The number of rotatable bonds is 3. The van der Waals surface area contributed by atoms with Gasteiger partial charge >= 0.3 is 0 Å². The molecule has 2 rings (SSSR count). The zero-order valence-corrected chi connectivity index (χ0v) is 11.4. The van der Waals surface area contributed by atoms with Crippen molar-refractivity contribution in [2.24, 2.45) is 0 Å². The lowest BCUT2D eigenvalue weighted by atomic mass is 9.93. The Morgan fingerprint density at radius 3 is 2.55 bits per heavy atom. The van der Waals surface area contributed by atoms with Crippen molar-refractivity contribution in [2.75, 3.05) is 26.8 Å².